The van der Waals surface area contributed by atoms with Gasteiger partial charge >= 0.3 is 0 Å². The zero-order valence-electron chi connectivity index (χ0n) is 20.4. The molecule has 2 amide bonds. The Balaban J connectivity index is 1.61. The molecule has 1 aromatic heterocycles. The van der Waals surface area contributed by atoms with Crippen molar-refractivity contribution in [3.63, 3.8) is 0 Å². The van der Waals surface area contributed by atoms with Crippen LogP contribution in [0.2, 0.25) is 0 Å². The molecule has 1 aliphatic carbocycles. The number of rotatable bonds is 7. The van der Waals surface area contributed by atoms with E-state index in [-0.39, 0.29) is 24.0 Å². The summed E-state index contributed by atoms with van der Waals surface area (Å²) in [5.74, 6) is -0.105. The van der Waals surface area contributed by atoms with Crippen LogP contribution in [0.4, 0.5) is 0 Å². The smallest absolute Gasteiger partial charge is 0.271 e. The number of carbonyl (C=O) groups is 2. The van der Waals surface area contributed by atoms with Gasteiger partial charge in [0.15, 0.2) is 0 Å². The van der Waals surface area contributed by atoms with Crippen LogP contribution in [0.3, 0.4) is 0 Å². The minimum Gasteiger partial charge on any atom is -0.379 e. The largest absolute Gasteiger partial charge is 0.379 e. The molecule has 6 nitrogen and oxygen atoms in total. The van der Waals surface area contributed by atoms with E-state index in [1.54, 1.807) is 4.90 Å². The van der Waals surface area contributed by atoms with Crippen LogP contribution >= 0.6 is 0 Å². The summed E-state index contributed by atoms with van der Waals surface area (Å²) in [5.41, 5.74) is 0.734. The van der Waals surface area contributed by atoms with E-state index < -0.39 is 5.54 Å². The van der Waals surface area contributed by atoms with Gasteiger partial charge in [0.05, 0.1) is 12.6 Å². The summed E-state index contributed by atoms with van der Waals surface area (Å²) >= 11 is 0. The van der Waals surface area contributed by atoms with Gasteiger partial charge in [0, 0.05) is 30.1 Å². The van der Waals surface area contributed by atoms with Gasteiger partial charge in [0.25, 0.3) is 5.91 Å². The fourth-order valence-corrected chi connectivity index (χ4v) is 5.34. The molecule has 0 spiro atoms. The molecule has 6 heteroatoms. The van der Waals surface area contributed by atoms with Crippen LogP contribution in [-0.2, 0) is 16.1 Å². The van der Waals surface area contributed by atoms with Crippen molar-refractivity contribution in [1.82, 2.24) is 14.8 Å². The monoisotopic (exact) mass is 453 g/mol. The third-order valence-corrected chi connectivity index (χ3v) is 7.24. The number of para-hydroxylation sites is 1. The van der Waals surface area contributed by atoms with Gasteiger partial charge < -0.3 is 19.5 Å². The van der Waals surface area contributed by atoms with E-state index in [1.807, 2.05) is 55.7 Å². The molecule has 0 bridgehead atoms. The van der Waals surface area contributed by atoms with Gasteiger partial charge in [-0.2, -0.15) is 0 Å². The summed E-state index contributed by atoms with van der Waals surface area (Å²) in [6.45, 7) is 7.50. The highest BCUT2D eigenvalue weighted by Gasteiger charge is 2.47. The molecule has 4 rings (SSSR count). The Hall–Kier alpha value is -2.34. The fraction of sp³-hybridized carbons (Fsp3) is 0.630. The zero-order valence-corrected chi connectivity index (χ0v) is 20.4. The first kappa shape index (κ1) is 23.8. The first-order valence-corrected chi connectivity index (χ1v) is 12.7. The highest BCUT2D eigenvalue weighted by atomic mass is 16.5. The molecule has 2 heterocycles. The van der Waals surface area contributed by atoms with Crippen LogP contribution in [-0.4, -0.2) is 52.1 Å². The lowest BCUT2D eigenvalue weighted by molar-refractivity contribution is -0.133. The van der Waals surface area contributed by atoms with E-state index in [1.165, 1.54) is 19.3 Å². The normalized spacial score (nSPS) is 22.3. The van der Waals surface area contributed by atoms with Crippen LogP contribution in [0.5, 0.6) is 0 Å². The minimum atomic E-state index is -0.938. The lowest BCUT2D eigenvalue weighted by Gasteiger charge is -2.45. The van der Waals surface area contributed by atoms with Crippen LogP contribution < -0.4 is 5.32 Å². The maximum absolute atomic E-state index is 13.8. The molecule has 0 saturated heterocycles. The first-order valence-electron chi connectivity index (χ1n) is 12.7. The molecule has 2 aromatic rings. The van der Waals surface area contributed by atoms with E-state index in [0.717, 1.165) is 36.6 Å². The van der Waals surface area contributed by atoms with Crippen LogP contribution in [0.15, 0.2) is 30.3 Å². The van der Waals surface area contributed by atoms with Gasteiger partial charge in [0.2, 0.25) is 5.91 Å². The van der Waals surface area contributed by atoms with Crippen molar-refractivity contribution in [2.24, 2.45) is 0 Å². The number of aromatic nitrogens is 1. The second kappa shape index (κ2) is 10.3. The molecule has 1 N–H and O–H groups in total. The topological polar surface area (TPSA) is 63.6 Å². The van der Waals surface area contributed by atoms with E-state index in [0.29, 0.717) is 31.8 Å². The molecule has 33 heavy (non-hydrogen) atoms. The van der Waals surface area contributed by atoms with Crippen LogP contribution in [0, 0.1) is 0 Å². The molecule has 1 atom stereocenters. The number of carbonyl (C=O) groups excluding carboxylic acids is 2. The van der Waals surface area contributed by atoms with Crippen molar-refractivity contribution in [1.29, 1.82) is 0 Å². The van der Waals surface area contributed by atoms with E-state index in [2.05, 4.69) is 5.32 Å². The lowest BCUT2D eigenvalue weighted by atomic mass is 9.92. The fourth-order valence-electron chi connectivity index (χ4n) is 5.34. The third kappa shape index (κ3) is 5.11. The number of hydrogen-bond donors (Lipinski definition) is 1. The predicted molar refractivity (Wildman–Crippen MR) is 131 cm³/mol. The van der Waals surface area contributed by atoms with Crippen molar-refractivity contribution in [3.8, 4) is 0 Å². The number of benzene rings is 1. The molecule has 1 fully saturated rings. The number of hydrogen-bond acceptors (Lipinski definition) is 3. The summed E-state index contributed by atoms with van der Waals surface area (Å²) < 4.78 is 7.76. The van der Waals surface area contributed by atoms with Crippen molar-refractivity contribution in [3.05, 3.63) is 36.0 Å². The minimum absolute atomic E-state index is 0.0327. The molecule has 2 aliphatic rings. The van der Waals surface area contributed by atoms with Gasteiger partial charge in [-0.1, -0.05) is 50.3 Å². The second-order valence-electron chi connectivity index (χ2n) is 10.2. The lowest BCUT2D eigenvalue weighted by Crippen LogP contribution is -2.65. The van der Waals surface area contributed by atoms with Crippen LogP contribution in [0.25, 0.3) is 10.9 Å². The second-order valence-corrected chi connectivity index (χ2v) is 10.2. The summed E-state index contributed by atoms with van der Waals surface area (Å²) in [7, 11) is 0. The first-order chi connectivity index (χ1) is 15.9. The summed E-state index contributed by atoms with van der Waals surface area (Å²) in [4.78, 5) is 29.3. The molecular formula is C27H39N3O3. The maximum atomic E-state index is 13.8. The molecule has 1 aliphatic heterocycles. The Kier molecular flexibility index (Phi) is 7.42. The Bertz CT molecular complexity index is 974. The standard InChI is InChI=1S/C27H39N3O3/c1-20(2)33-17-11-16-30-25(31)24-18-21-12-9-10-15-23(21)29(24)19-27(30,3)26(32)28-22-13-7-5-4-6-8-14-22/h9-10,12,15,18,20,22H,4-8,11,13-14,16-17,19H2,1-3H3,(H,28,32)/t27-/m1/s1. The number of ether oxygens (including phenoxy) is 1. The van der Waals surface area contributed by atoms with Gasteiger partial charge in [0.1, 0.15) is 11.2 Å². The number of nitrogens with zero attached hydrogens (tertiary/aromatic N) is 2. The Labute approximate surface area is 197 Å². The molecule has 1 saturated carbocycles. The van der Waals surface area contributed by atoms with Crippen LogP contribution in [0.1, 0.15) is 82.6 Å². The highest BCUT2D eigenvalue weighted by molar-refractivity contribution is 6.03. The van der Waals surface area contributed by atoms with Crippen molar-refractivity contribution in [2.45, 2.75) is 96.4 Å². The molecule has 1 aromatic carbocycles. The SMILES string of the molecule is CC(C)OCCCN1C(=O)c2cc3ccccc3n2C[C@]1(C)C(=O)NC1CCCCCCC1. The average molecular weight is 454 g/mol. The number of amides is 2. The summed E-state index contributed by atoms with van der Waals surface area (Å²) in [6, 6.07) is 10.2. The molecular weight excluding hydrogens is 414 g/mol. The van der Waals surface area contributed by atoms with Crippen molar-refractivity contribution >= 4 is 22.7 Å². The summed E-state index contributed by atoms with van der Waals surface area (Å²) in [6.07, 6.45) is 8.99. The number of nitrogens with one attached hydrogen (secondary N) is 1. The average Bonchev–Trinajstić information content (AvgIpc) is 3.13. The van der Waals surface area contributed by atoms with E-state index in [9.17, 15) is 9.59 Å². The predicted octanol–water partition coefficient (Wildman–Crippen LogP) is 4.90. The number of fused-ring (bicyclic) bond motifs is 3. The molecule has 180 valence electrons. The van der Waals surface area contributed by atoms with Gasteiger partial charge in [-0.25, -0.2) is 0 Å². The van der Waals surface area contributed by atoms with Gasteiger partial charge in [-0.15, -0.1) is 0 Å². The molecule has 0 radical (unpaired) electrons. The zero-order chi connectivity index (χ0) is 23.4. The quantitative estimate of drug-likeness (QED) is 0.607. The Morgan fingerprint density at radius 2 is 1.85 bits per heavy atom. The highest BCUT2D eigenvalue weighted by Crippen LogP contribution is 2.33. The van der Waals surface area contributed by atoms with E-state index >= 15 is 0 Å². The van der Waals surface area contributed by atoms with E-state index in [4.69, 9.17) is 4.74 Å². The molecule has 0 unspecified atom stereocenters. The van der Waals surface area contributed by atoms with Crippen molar-refractivity contribution < 1.29 is 14.3 Å². The Morgan fingerprint density at radius 1 is 1.15 bits per heavy atom. The third-order valence-electron chi connectivity index (χ3n) is 7.24. The van der Waals surface area contributed by atoms with Crippen molar-refractivity contribution in [2.75, 3.05) is 13.2 Å². The summed E-state index contributed by atoms with van der Waals surface area (Å²) in [5, 5.41) is 4.39. The maximum Gasteiger partial charge on any atom is 0.271 e. The van der Waals surface area contributed by atoms with Gasteiger partial charge in [-0.3, -0.25) is 9.59 Å². The van der Waals surface area contributed by atoms with Gasteiger partial charge in [-0.05, 0) is 52.2 Å². The Morgan fingerprint density at radius 3 is 2.58 bits per heavy atom.